The first-order chi connectivity index (χ1) is 28.8. The summed E-state index contributed by atoms with van der Waals surface area (Å²) in [5, 5.41) is 13.2. The second kappa shape index (κ2) is 39.2. The van der Waals surface area contributed by atoms with Crippen molar-refractivity contribution in [3.63, 3.8) is 0 Å². The lowest BCUT2D eigenvalue weighted by Gasteiger charge is -2.44. The lowest BCUT2D eigenvalue weighted by atomic mass is 9.88. The molecule has 0 spiro atoms. The summed E-state index contributed by atoms with van der Waals surface area (Å²) in [5.74, 6) is -1.23. The van der Waals surface area contributed by atoms with Gasteiger partial charge in [0, 0.05) is 25.9 Å². The quantitative estimate of drug-likeness (QED) is 0.0461. The van der Waals surface area contributed by atoms with Crippen molar-refractivity contribution in [2.45, 2.75) is 283 Å². The molecule has 1 rings (SSSR count). The van der Waals surface area contributed by atoms with E-state index in [1.54, 1.807) is 0 Å². The molecule has 9 nitrogen and oxygen atoms in total. The lowest BCUT2D eigenvalue weighted by Crippen LogP contribution is -2.63. The predicted octanol–water partition coefficient (Wildman–Crippen LogP) is 13.0. The summed E-state index contributed by atoms with van der Waals surface area (Å²) >= 11 is 0. The molecule has 6 atom stereocenters. The Kier molecular flexibility index (Phi) is 36.7. The molecule has 0 aromatic carbocycles. The van der Waals surface area contributed by atoms with Gasteiger partial charge in [-0.3, -0.25) is 14.4 Å². The van der Waals surface area contributed by atoms with Gasteiger partial charge in [0.15, 0.2) is 6.29 Å². The number of unbranched alkanes of at least 4 members (excludes halogenated alkanes) is 28. The fourth-order valence-corrected chi connectivity index (χ4v) is 8.48. The first kappa shape index (κ1) is 55.3. The number of amides is 1. The second-order valence-corrected chi connectivity index (χ2v) is 17.9. The summed E-state index contributed by atoms with van der Waals surface area (Å²) in [4.78, 5) is 40.0. The number of carbonyl (C=O) groups is 3. The zero-order chi connectivity index (χ0) is 43.2. The van der Waals surface area contributed by atoms with Gasteiger partial charge in [0.25, 0.3) is 0 Å². The molecule has 0 aromatic rings. The van der Waals surface area contributed by atoms with Crippen molar-refractivity contribution in [1.82, 2.24) is 5.32 Å². The van der Waals surface area contributed by atoms with Gasteiger partial charge < -0.3 is 29.4 Å². The number of esters is 2. The van der Waals surface area contributed by atoms with E-state index in [9.17, 15) is 19.5 Å². The molecule has 0 aliphatic carbocycles. The Morgan fingerprint density at radius 2 is 0.966 bits per heavy atom. The maximum atomic E-state index is 13.8. The molecule has 0 saturated carbocycles. The van der Waals surface area contributed by atoms with Gasteiger partial charge in [-0.15, -0.1) is 0 Å². The van der Waals surface area contributed by atoms with Crippen molar-refractivity contribution in [3.05, 3.63) is 0 Å². The van der Waals surface area contributed by atoms with Crippen molar-refractivity contribution < 1.29 is 38.4 Å². The molecular formula is C50H95NO8. The van der Waals surface area contributed by atoms with Crippen LogP contribution in [0.1, 0.15) is 252 Å². The summed E-state index contributed by atoms with van der Waals surface area (Å²) in [5.41, 5.74) is 0. The molecule has 0 bridgehead atoms. The number of aliphatic hydroxyl groups excluding tert-OH is 1. The molecule has 1 aliphatic rings. The van der Waals surface area contributed by atoms with Crippen LogP contribution in [0.4, 0.5) is 0 Å². The number of nitrogens with one attached hydrogen (secondary N) is 1. The summed E-state index contributed by atoms with van der Waals surface area (Å²) < 4.78 is 23.8. The molecule has 9 heteroatoms. The third-order valence-electron chi connectivity index (χ3n) is 12.4. The Bertz CT molecular complexity index is 994. The number of methoxy groups -OCH3 is 1. The smallest absolute Gasteiger partial charge is 0.306 e. The molecule has 0 radical (unpaired) electrons. The average Bonchev–Trinajstić information content (AvgIpc) is 3.22. The van der Waals surface area contributed by atoms with E-state index in [2.05, 4.69) is 26.1 Å². The van der Waals surface area contributed by atoms with Gasteiger partial charge in [-0.05, 0) is 25.7 Å². The average molecular weight is 838 g/mol. The van der Waals surface area contributed by atoms with Crippen LogP contribution in [-0.4, -0.2) is 67.3 Å². The lowest BCUT2D eigenvalue weighted by molar-refractivity contribution is -0.251. The number of ether oxygens (including phenoxy) is 4. The topological polar surface area (TPSA) is 120 Å². The van der Waals surface area contributed by atoms with Crippen LogP contribution in [0.25, 0.3) is 0 Å². The van der Waals surface area contributed by atoms with Crippen molar-refractivity contribution in [1.29, 1.82) is 0 Å². The number of hydrogen-bond acceptors (Lipinski definition) is 8. The van der Waals surface area contributed by atoms with E-state index in [0.29, 0.717) is 19.3 Å². The predicted molar refractivity (Wildman–Crippen MR) is 242 cm³/mol. The highest BCUT2D eigenvalue weighted by Gasteiger charge is 2.47. The maximum Gasteiger partial charge on any atom is 0.306 e. The third kappa shape index (κ3) is 29.3. The Hall–Kier alpha value is -1.71. The summed E-state index contributed by atoms with van der Waals surface area (Å²) in [6.45, 7) is 8.35. The van der Waals surface area contributed by atoms with Crippen LogP contribution < -0.4 is 5.32 Å². The fourth-order valence-electron chi connectivity index (χ4n) is 8.48. The largest absolute Gasteiger partial charge is 0.462 e. The van der Waals surface area contributed by atoms with E-state index >= 15 is 0 Å². The molecule has 1 fully saturated rings. The molecular weight excluding hydrogens is 743 g/mol. The van der Waals surface area contributed by atoms with Crippen LogP contribution in [0, 0.1) is 5.92 Å². The summed E-state index contributed by atoms with van der Waals surface area (Å²) in [6, 6.07) is -0.771. The zero-order valence-corrected chi connectivity index (χ0v) is 39.2. The number of aliphatic hydroxyl groups is 1. The SMILES string of the molecule is CCCCCCCCCCCCCC(=O)O[C@H](CCCCCCCCCCC)CC(=O)N[C@H]1[C@H](OC)O[C@H](CO)[C@@H](C)[C@@H]1OC(=O)CCCCCCCCCCCCC. The van der Waals surface area contributed by atoms with Crippen molar-refractivity contribution in [2.24, 2.45) is 5.92 Å². The molecule has 2 N–H and O–H groups in total. The first-order valence-corrected chi connectivity index (χ1v) is 25.3. The first-order valence-electron chi connectivity index (χ1n) is 25.3. The van der Waals surface area contributed by atoms with Gasteiger partial charge in [0.1, 0.15) is 18.2 Å². The van der Waals surface area contributed by atoms with Crippen LogP contribution in [0.15, 0.2) is 0 Å². The Labute approximate surface area is 363 Å². The highest BCUT2D eigenvalue weighted by atomic mass is 16.7. The number of hydrogen-bond donors (Lipinski definition) is 2. The minimum absolute atomic E-state index is 0.0190. The van der Waals surface area contributed by atoms with E-state index in [1.807, 2.05) is 6.92 Å². The van der Waals surface area contributed by atoms with E-state index in [4.69, 9.17) is 18.9 Å². The molecule has 1 aliphatic heterocycles. The van der Waals surface area contributed by atoms with Crippen molar-refractivity contribution in [3.8, 4) is 0 Å². The molecule has 1 saturated heterocycles. The van der Waals surface area contributed by atoms with Gasteiger partial charge in [-0.25, -0.2) is 0 Å². The summed E-state index contributed by atoms with van der Waals surface area (Å²) in [6.07, 6.45) is 35.7. The Balaban J connectivity index is 2.72. The fraction of sp³-hybridized carbons (Fsp3) is 0.940. The van der Waals surface area contributed by atoms with Crippen LogP contribution in [0.3, 0.4) is 0 Å². The van der Waals surface area contributed by atoms with Crippen LogP contribution >= 0.6 is 0 Å². The third-order valence-corrected chi connectivity index (χ3v) is 12.4. The van der Waals surface area contributed by atoms with E-state index in [1.165, 1.54) is 148 Å². The van der Waals surface area contributed by atoms with Crippen molar-refractivity contribution in [2.75, 3.05) is 13.7 Å². The maximum absolute atomic E-state index is 13.8. The molecule has 1 heterocycles. The molecule has 348 valence electrons. The minimum Gasteiger partial charge on any atom is -0.462 e. The van der Waals surface area contributed by atoms with Crippen LogP contribution in [-0.2, 0) is 33.3 Å². The van der Waals surface area contributed by atoms with Gasteiger partial charge in [-0.2, -0.15) is 0 Å². The molecule has 59 heavy (non-hydrogen) atoms. The molecule has 1 amide bonds. The second-order valence-electron chi connectivity index (χ2n) is 17.9. The van der Waals surface area contributed by atoms with Gasteiger partial charge in [-0.1, -0.05) is 207 Å². The van der Waals surface area contributed by atoms with E-state index < -0.39 is 30.6 Å². The zero-order valence-electron chi connectivity index (χ0n) is 39.2. The summed E-state index contributed by atoms with van der Waals surface area (Å²) in [7, 11) is 1.49. The highest BCUT2D eigenvalue weighted by Crippen LogP contribution is 2.30. The van der Waals surface area contributed by atoms with Gasteiger partial charge >= 0.3 is 11.9 Å². The van der Waals surface area contributed by atoms with Crippen LogP contribution in [0.5, 0.6) is 0 Å². The highest BCUT2D eigenvalue weighted by molar-refractivity contribution is 5.78. The van der Waals surface area contributed by atoms with Gasteiger partial charge in [0.2, 0.25) is 5.91 Å². The minimum atomic E-state index is -0.911. The molecule has 0 unspecified atom stereocenters. The van der Waals surface area contributed by atoms with Crippen molar-refractivity contribution >= 4 is 17.8 Å². The standard InChI is InChI=1S/C50H95NO8/c1-6-9-12-15-18-21-23-26-29-32-35-38-46(54)57-43(37-34-31-28-25-20-17-14-11-8-3)40-45(53)51-48-49(42(4)44(41-52)58-50(48)56-5)59-47(55)39-36-33-30-27-24-22-19-16-13-10-7-2/h42-44,48-50,52H,6-41H2,1-5H3,(H,51,53)/t42-,43-,44-,48-,49+,50-/m1/s1. The molecule has 0 aromatic heterocycles. The number of rotatable bonds is 41. The van der Waals surface area contributed by atoms with E-state index in [0.717, 1.165) is 57.8 Å². The number of carbonyl (C=O) groups excluding carboxylic acids is 3. The Morgan fingerprint density at radius 1 is 0.576 bits per heavy atom. The van der Waals surface area contributed by atoms with Gasteiger partial charge in [0.05, 0.1) is 19.1 Å². The normalized spacial score (nSPS) is 19.7. The Morgan fingerprint density at radius 3 is 1.37 bits per heavy atom. The van der Waals surface area contributed by atoms with Crippen LogP contribution in [0.2, 0.25) is 0 Å². The monoisotopic (exact) mass is 838 g/mol. The van der Waals surface area contributed by atoms with E-state index in [-0.39, 0.29) is 36.8 Å².